The largest absolute Gasteiger partial charge is 0.102 e. The normalized spacial score (nSPS) is 10.1. The van der Waals surface area contributed by atoms with Crippen molar-refractivity contribution < 1.29 is 20.7 Å². The van der Waals surface area contributed by atoms with Gasteiger partial charge in [-0.15, -0.1) is 0 Å². The van der Waals surface area contributed by atoms with Crippen LogP contribution in [0, 0.1) is 6.07 Å². The quantitative estimate of drug-likeness (QED) is 0.0707. The average Bonchev–Trinajstić information content (AvgIpc) is 3.20. The summed E-state index contributed by atoms with van der Waals surface area (Å²) in [4.78, 5) is 0. The Labute approximate surface area is 316 Å². The molecular formula is C44H41IOP2Pd+2. The van der Waals surface area contributed by atoms with Gasteiger partial charge in [-0.1, -0.05) is 109 Å². The summed E-state index contributed by atoms with van der Waals surface area (Å²) >= 11 is 4.72. The molecule has 0 aliphatic carbocycles. The van der Waals surface area contributed by atoms with Crippen molar-refractivity contribution in [3.8, 4) is 0 Å². The molecule has 248 valence electrons. The van der Waals surface area contributed by atoms with Gasteiger partial charge in [0.1, 0.15) is 31.8 Å². The number of aliphatic hydroxyl groups excluding tert-OH is 1. The van der Waals surface area contributed by atoms with Crippen LogP contribution in [0.2, 0.25) is 0 Å². The first-order chi connectivity index (χ1) is 24.3. The van der Waals surface area contributed by atoms with Gasteiger partial charge in [0.15, 0.2) is 0 Å². The summed E-state index contributed by atoms with van der Waals surface area (Å²) in [7, 11) is -1.75. The third-order valence-corrected chi connectivity index (χ3v) is 13.0. The molecule has 0 spiro atoms. The number of halogens is 1. The molecule has 0 radical (unpaired) electrons. The maximum absolute atomic E-state index is 8.50. The zero-order valence-corrected chi connectivity index (χ0v) is 32.9. The molecule has 0 aromatic heterocycles. The predicted octanol–water partition coefficient (Wildman–Crippen LogP) is 8.26. The van der Waals surface area contributed by atoms with Crippen LogP contribution in [-0.2, 0) is 22.0 Å². The number of hydrogen-bond donors (Lipinski definition) is 1. The van der Waals surface area contributed by atoms with Crippen molar-refractivity contribution in [1.29, 1.82) is 0 Å². The van der Waals surface area contributed by atoms with Crippen molar-refractivity contribution in [2.45, 2.75) is 6.42 Å². The van der Waals surface area contributed by atoms with Gasteiger partial charge in [-0.05, 0) is 79.2 Å². The number of rotatable bonds is 8. The Morgan fingerprint density at radius 3 is 0.837 bits per heavy atom. The van der Waals surface area contributed by atoms with Crippen LogP contribution in [0.15, 0.2) is 206 Å². The van der Waals surface area contributed by atoms with Crippen molar-refractivity contribution >= 4 is 67.2 Å². The van der Waals surface area contributed by atoms with E-state index in [-0.39, 0.29) is 6.61 Å². The monoisotopic (exact) mass is 880 g/mol. The van der Waals surface area contributed by atoms with Gasteiger partial charge in [0.05, 0.1) is 15.8 Å². The summed E-state index contributed by atoms with van der Waals surface area (Å²) < 4.78 is 0. The minimum Gasteiger partial charge on any atom is -0.0620 e. The van der Waals surface area contributed by atoms with Crippen molar-refractivity contribution in [1.82, 2.24) is 0 Å². The van der Waals surface area contributed by atoms with E-state index >= 15 is 0 Å². The number of benzene rings is 7. The van der Waals surface area contributed by atoms with E-state index in [9.17, 15) is 0 Å². The van der Waals surface area contributed by atoms with Gasteiger partial charge in [0.25, 0.3) is 0 Å². The van der Waals surface area contributed by atoms with Crippen LogP contribution in [0.3, 0.4) is 0 Å². The third kappa shape index (κ3) is 12.9. The Bertz CT molecular complexity index is 1510. The fourth-order valence-corrected chi connectivity index (χ4v) is 10.5. The van der Waals surface area contributed by atoms with Gasteiger partial charge in [0.2, 0.25) is 0 Å². The zero-order valence-electron chi connectivity index (χ0n) is 27.2. The first kappa shape index (κ1) is 38.6. The molecule has 0 heterocycles. The van der Waals surface area contributed by atoms with Crippen molar-refractivity contribution in [3.63, 3.8) is 0 Å². The molecule has 1 N–H and O–H groups in total. The molecular weight excluding hydrogens is 840 g/mol. The summed E-state index contributed by atoms with van der Waals surface area (Å²) in [5.41, 5.74) is 1.07. The van der Waals surface area contributed by atoms with Crippen LogP contribution in [0.4, 0.5) is 0 Å². The summed E-state index contributed by atoms with van der Waals surface area (Å²) in [5.74, 6) is 0. The topological polar surface area (TPSA) is 20.2 Å². The van der Waals surface area contributed by atoms with Crippen molar-refractivity contribution in [2.75, 3.05) is 6.61 Å². The second-order valence-electron chi connectivity index (χ2n) is 10.8. The molecule has 0 aliphatic rings. The Hall–Kier alpha value is -3.25. The molecule has 0 saturated heterocycles. The van der Waals surface area contributed by atoms with E-state index in [1.807, 2.05) is 43.8 Å². The maximum Gasteiger partial charge on any atom is 0.102 e. The molecule has 7 aromatic rings. The minimum absolute atomic E-state index is 0.209. The number of aliphatic hydroxyl groups is 1. The molecule has 0 amide bonds. The molecule has 0 unspecified atom stereocenters. The Kier molecular flexibility index (Phi) is 18.3. The smallest absolute Gasteiger partial charge is 0.0620 e. The Morgan fingerprint density at radius 1 is 0.388 bits per heavy atom. The first-order valence-electron chi connectivity index (χ1n) is 16.1. The molecule has 1 nitrogen and oxygen atoms in total. The van der Waals surface area contributed by atoms with Gasteiger partial charge < -0.3 is 5.11 Å². The average molecular weight is 881 g/mol. The van der Waals surface area contributed by atoms with Gasteiger partial charge >= 0.3 is 35.1 Å². The third-order valence-electron chi connectivity index (χ3n) is 7.53. The van der Waals surface area contributed by atoms with Crippen LogP contribution in [0.1, 0.15) is 5.56 Å². The van der Waals surface area contributed by atoms with Crippen molar-refractivity contribution in [3.05, 3.63) is 218 Å². The van der Waals surface area contributed by atoms with Crippen LogP contribution in [0.5, 0.6) is 0 Å². The minimum atomic E-state index is -0.877. The molecule has 0 saturated carbocycles. The van der Waals surface area contributed by atoms with Gasteiger partial charge in [-0.3, -0.25) is 0 Å². The van der Waals surface area contributed by atoms with Gasteiger partial charge in [-0.2, -0.15) is 35.9 Å². The molecule has 0 atom stereocenters. The van der Waals surface area contributed by atoms with Crippen LogP contribution < -0.4 is 31.8 Å². The molecule has 0 bridgehead atoms. The summed E-state index contributed by atoms with van der Waals surface area (Å²) in [6.45, 7) is 0.209. The first-order valence-corrected chi connectivity index (χ1v) is 23.7. The van der Waals surface area contributed by atoms with E-state index < -0.39 is 15.8 Å². The van der Waals surface area contributed by atoms with Gasteiger partial charge in [0, 0.05) is 6.61 Å². The zero-order chi connectivity index (χ0) is 34.4. The number of hydrogen-bond acceptors (Lipinski definition) is 1. The van der Waals surface area contributed by atoms with Crippen LogP contribution >= 0.6 is 35.4 Å². The van der Waals surface area contributed by atoms with E-state index in [0.29, 0.717) is 6.42 Å². The SMILES string of the molecule is OCCc1[c-]cccc1.[Pd+][I].c1ccc([PH+](c2ccccc2)c2ccccc2)cc1.c1ccc([PH+](c2ccccc2)c2ccccc2)cc1. The van der Waals surface area contributed by atoms with E-state index in [0.717, 1.165) is 5.56 Å². The van der Waals surface area contributed by atoms with E-state index in [1.165, 1.54) is 31.8 Å². The van der Waals surface area contributed by atoms with E-state index in [1.54, 1.807) is 0 Å². The molecule has 0 aliphatic heterocycles. The molecule has 0 fully saturated rings. The molecule has 7 aromatic carbocycles. The summed E-state index contributed by atoms with van der Waals surface area (Å²) in [6.07, 6.45) is 0.709. The fraction of sp³-hybridized carbons (Fsp3) is 0.0455. The summed E-state index contributed by atoms with van der Waals surface area (Å²) in [6, 6.07) is 75.7. The van der Waals surface area contributed by atoms with E-state index in [4.69, 9.17) is 5.11 Å². The fourth-order valence-electron chi connectivity index (χ4n) is 5.34. The van der Waals surface area contributed by atoms with E-state index in [2.05, 4.69) is 204 Å². The summed E-state index contributed by atoms with van der Waals surface area (Å²) in [5, 5.41) is 17.1. The predicted molar refractivity (Wildman–Crippen MR) is 223 cm³/mol. The standard InChI is InChI=1S/2C18H15P.C8H9O.HI.Pd/c2*1-4-10-16(11-5-1)19(17-12-6-2-7-13-17)18-14-8-3-9-15-18;9-7-6-8-4-2-1-3-5-8;;/h2*1-15H;1-4,9H,6-7H2;1H;/q;;-1;;+2/p+1. The molecule has 49 heavy (non-hydrogen) atoms. The van der Waals surface area contributed by atoms with Crippen LogP contribution in [-0.4, -0.2) is 11.7 Å². The maximum atomic E-state index is 8.50. The van der Waals surface area contributed by atoms with Gasteiger partial charge in [-0.25, -0.2) is 0 Å². The molecule has 5 heteroatoms. The second-order valence-corrected chi connectivity index (χ2v) is 15.8. The van der Waals surface area contributed by atoms with Crippen LogP contribution in [0.25, 0.3) is 0 Å². The second kappa shape index (κ2) is 23.2. The Balaban J connectivity index is 0.000000171. The van der Waals surface area contributed by atoms with Crippen molar-refractivity contribution in [2.24, 2.45) is 0 Å². The Morgan fingerprint density at radius 2 is 0.633 bits per heavy atom. The molecule has 7 rings (SSSR count).